The molecule has 1 aliphatic heterocycles. The van der Waals surface area contributed by atoms with E-state index in [1.54, 1.807) is 13.1 Å². The van der Waals surface area contributed by atoms with E-state index >= 15 is 0 Å². The second-order valence-electron chi connectivity index (χ2n) is 8.71. The van der Waals surface area contributed by atoms with E-state index in [0.29, 0.717) is 22.4 Å². The second-order valence-corrected chi connectivity index (χ2v) is 8.71. The summed E-state index contributed by atoms with van der Waals surface area (Å²) in [5.74, 6) is -1.77. The minimum Gasteiger partial charge on any atom is -0.481 e. The molecule has 1 saturated heterocycles. The SMILES string of the molecule is Cc1ncc(-c2cnc(OCCCF)c(F)c2)c(N2CCC(C)(C)CC2)c1CC(=O)O. The number of nitrogens with zero attached hydrogens (tertiary/aromatic N) is 3. The number of carboxylic acid groups (broad SMARTS) is 1. The van der Waals surface area contributed by atoms with Gasteiger partial charge < -0.3 is 14.7 Å². The van der Waals surface area contributed by atoms with Crippen molar-refractivity contribution >= 4 is 11.7 Å². The van der Waals surface area contributed by atoms with Crippen LogP contribution in [-0.2, 0) is 11.2 Å². The molecule has 0 saturated carbocycles. The summed E-state index contributed by atoms with van der Waals surface area (Å²) in [5, 5.41) is 9.48. The standard InChI is InChI=1S/C23H29F2N3O3/c1-15-17(12-20(29)30)21(28-8-5-23(2,3)6-9-28)18(14-26-15)16-11-19(25)22(27-13-16)31-10-4-7-24/h11,13-14H,4-10,12H2,1-3H3,(H,29,30). The lowest BCUT2D eigenvalue weighted by Gasteiger charge is -2.40. The Kier molecular flexibility index (Phi) is 7.08. The number of hydrogen-bond donors (Lipinski definition) is 1. The first-order chi connectivity index (χ1) is 14.7. The van der Waals surface area contributed by atoms with Crippen LogP contribution in [0.3, 0.4) is 0 Å². The van der Waals surface area contributed by atoms with Gasteiger partial charge in [-0.3, -0.25) is 14.2 Å². The van der Waals surface area contributed by atoms with Gasteiger partial charge in [-0.15, -0.1) is 0 Å². The number of piperidine rings is 1. The third-order valence-electron chi connectivity index (χ3n) is 5.76. The van der Waals surface area contributed by atoms with E-state index < -0.39 is 18.5 Å². The molecule has 0 spiro atoms. The molecule has 1 N–H and O–H groups in total. The third-order valence-corrected chi connectivity index (χ3v) is 5.76. The fraction of sp³-hybridized carbons (Fsp3) is 0.522. The zero-order chi connectivity index (χ0) is 22.6. The highest BCUT2D eigenvalue weighted by atomic mass is 19.1. The van der Waals surface area contributed by atoms with E-state index in [9.17, 15) is 18.7 Å². The molecule has 2 aromatic rings. The van der Waals surface area contributed by atoms with Gasteiger partial charge in [-0.1, -0.05) is 13.8 Å². The van der Waals surface area contributed by atoms with Crippen molar-refractivity contribution in [3.05, 3.63) is 35.5 Å². The molecule has 3 heterocycles. The monoisotopic (exact) mass is 433 g/mol. The van der Waals surface area contributed by atoms with E-state index in [4.69, 9.17) is 4.74 Å². The van der Waals surface area contributed by atoms with Crippen LogP contribution in [0.5, 0.6) is 5.88 Å². The minimum atomic E-state index is -0.943. The smallest absolute Gasteiger partial charge is 0.307 e. The van der Waals surface area contributed by atoms with Gasteiger partial charge in [-0.25, -0.2) is 9.37 Å². The molecule has 2 aromatic heterocycles. The fourth-order valence-electron chi connectivity index (χ4n) is 3.81. The summed E-state index contributed by atoms with van der Waals surface area (Å²) >= 11 is 0. The number of pyridine rings is 2. The summed E-state index contributed by atoms with van der Waals surface area (Å²) in [7, 11) is 0. The summed E-state index contributed by atoms with van der Waals surface area (Å²) in [6.07, 6.45) is 5.07. The predicted octanol–water partition coefficient (Wildman–Crippen LogP) is 4.58. The summed E-state index contributed by atoms with van der Waals surface area (Å²) in [5.41, 5.74) is 3.41. The Morgan fingerprint density at radius 3 is 2.58 bits per heavy atom. The van der Waals surface area contributed by atoms with Crippen molar-refractivity contribution in [1.29, 1.82) is 0 Å². The van der Waals surface area contributed by atoms with E-state index in [1.807, 2.05) is 0 Å². The summed E-state index contributed by atoms with van der Waals surface area (Å²) in [4.78, 5) is 22.2. The van der Waals surface area contributed by atoms with Gasteiger partial charge in [0.15, 0.2) is 5.82 Å². The Labute approximate surface area is 181 Å². The van der Waals surface area contributed by atoms with Crippen LogP contribution in [0.1, 0.15) is 44.4 Å². The fourth-order valence-corrected chi connectivity index (χ4v) is 3.81. The highest BCUT2D eigenvalue weighted by molar-refractivity contribution is 5.84. The first kappa shape index (κ1) is 22.9. The van der Waals surface area contributed by atoms with Gasteiger partial charge in [0.05, 0.1) is 25.4 Å². The molecule has 1 aliphatic rings. The molecule has 31 heavy (non-hydrogen) atoms. The molecule has 3 rings (SSSR count). The first-order valence-electron chi connectivity index (χ1n) is 10.5. The zero-order valence-corrected chi connectivity index (χ0v) is 18.3. The molecule has 0 unspecified atom stereocenters. The molecule has 0 amide bonds. The van der Waals surface area contributed by atoms with Crippen LogP contribution in [0, 0.1) is 18.2 Å². The Morgan fingerprint density at radius 2 is 1.97 bits per heavy atom. The quantitative estimate of drug-likeness (QED) is 0.614. The number of alkyl halides is 1. The highest BCUT2D eigenvalue weighted by Crippen LogP contribution is 2.40. The average Bonchev–Trinajstić information content (AvgIpc) is 2.71. The molecular weight excluding hydrogens is 404 g/mol. The van der Waals surface area contributed by atoms with Crippen molar-refractivity contribution in [3.8, 4) is 17.0 Å². The maximum Gasteiger partial charge on any atom is 0.307 e. The number of aryl methyl sites for hydroxylation is 1. The number of aromatic nitrogens is 2. The van der Waals surface area contributed by atoms with Crippen LogP contribution in [0.2, 0.25) is 0 Å². The molecule has 168 valence electrons. The lowest BCUT2D eigenvalue weighted by Crippen LogP contribution is -2.38. The third kappa shape index (κ3) is 5.48. The maximum atomic E-state index is 14.6. The van der Waals surface area contributed by atoms with Gasteiger partial charge in [-0.05, 0) is 31.2 Å². The number of rotatable bonds is 8. The largest absolute Gasteiger partial charge is 0.481 e. The van der Waals surface area contributed by atoms with E-state index in [-0.39, 0.29) is 30.7 Å². The number of hydrogen-bond acceptors (Lipinski definition) is 5. The van der Waals surface area contributed by atoms with Crippen molar-refractivity contribution in [2.24, 2.45) is 5.41 Å². The van der Waals surface area contributed by atoms with Crippen molar-refractivity contribution in [2.75, 3.05) is 31.3 Å². The number of carbonyl (C=O) groups is 1. The zero-order valence-electron chi connectivity index (χ0n) is 18.3. The van der Waals surface area contributed by atoms with Crippen LogP contribution in [0.15, 0.2) is 18.5 Å². The van der Waals surface area contributed by atoms with Gasteiger partial charge in [0.2, 0.25) is 5.88 Å². The molecular formula is C23H29F2N3O3. The molecule has 0 aromatic carbocycles. The lowest BCUT2D eigenvalue weighted by molar-refractivity contribution is -0.136. The molecule has 6 nitrogen and oxygen atoms in total. The Balaban J connectivity index is 2.03. The van der Waals surface area contributed by atoms with Gasteiger partial charge in [0.25, 0.3) is 0 Å². The lowest BCUT2D eigenvalue weighted by atomic mass is 9.82. The number of aliphatic carboxylic acids is 1. The van der Waals surface area contributed by atoms with Gasteiger partial charge >= 0.3 is 5.97 Å². The molecule has 8 heteroatoms. The highest BCUT2D eigenvalue weighted by Gasteiger charge is 2.29. The summed E-state index contributed by atoms with van der Waals surface area (Å²) in [6.45, 7) is 7.29. The van der Waals surface area contributed by atoms with Crippen molar-refractivity contribution < 1.29 is 23.4 Å². The van der Waals surface area contributed by atoms with Crippen LogP contribution in [0.4, 0.5) is 14.5 Å². The molecule has 0 bridgehead atoms. The van der Waals surface area contributed by atoms with Gasteiger partial charge in [0.1, 0.15) is 0 Å². The normalized spacial score (nSPS) is 15.7. The van der Waals surface area contributed by atoms with Gasteiger partial charge in [-0.2, -0.15) is 0 Å². The van der Waals surface area contributed by atoms with Crippen LogP contribution >= 0.6 is 0 Å². The Bertz CT molecular complexity index is 940. The Hall–Kier alpha value is -2.77. The van der Waals surface area contributed by atoms with Crippen molar-refractivity contribution in [1.82, 2.24) is 9.97 Å². The Morgan fingerprint density at radius 1 is 1.26 bits per heavy atom. The van der Waals surface area contributed by atoms with E-state index in [2.05, 4.69) is 28.7 Å². The van der Waals surface area contributed by atoms with E-state index in [0.717, 1.165) is 31.6 Å². The maximum absolute atomic E-state index is 14.6. The predicted molar refractivity (Wildman–Crippen MR) is 115 cm³/mol. The van der Waals surface area contributed by atoms with Crippen molar-refractivity contribution in [3.63, 3.8) is 0 Å². The number of ether oxygens (including phenoxy) is 1. The number of halogens is 2. The number of anilines is 1. The van der Waals surface area contributed by atoms with E-state index in [1.165, 1.54) is 12.3 Å². The van der Waals surface area contributed by atoms with Crippen molar-refractivity contribution in [2.45, 2.75) is 46.5 Å². The molecule has 1 fully saturated rings. The molecule has 0 radical (unpaired) electrons. The summed E-state index contributed by atoms with van der Waals surface area (Å²) in [6, 6.07) is 1.31. The second kappa shape index (κ2) is 9.58. The van der Waals surface area contributed by atoms with Crippen LogP contribution in [-0.4, -0.2) is 47.4 Å². The van der Waals surface area contributed by atoms with Crippen LogP contribution in [0.25, 0.3) is 11.1 Å². The first-order valence-corrected chi connectivity index (χ1v) is 10.5. The average molecular weight is 433 g/mol. The minimum absolute atomic E-state index is 0.0451. The molecule has 0 atom stereocenters. The summed E-state index contributed by atoms with van der Waals surface area (Å²) < 4.78 is 32.1. The molecule has 0 aliphatic carbocycles. The van der Waals surface area contributed by atoms with Gasteiger partial charge in [0, 0.05) is 54.3 Å². The van der Waals surface area contributed by atoms with Crippen LogP contribution < -0.4 is 9.64 Å². The number of carboxylic acids is 1. The topological polar surface area (TPSA) is 75.6 Å².